The molecule has 0 aliphatic rings. The van der Waals surface area contributed by atoms with E-state index >= 15 is 0 Å². The molecule has 140 valence electrons. The Kier molecular flexibility index (Phi) is 6.54. The summed E-state index contributed by atoms with van der Waals surface area (Å²) in [5.74, 6) is -1.09. The fourth-order valence-electron chi connectivity index (χ4n) is 2.20. The van der Waals surface area contributed by atoms with E-state index in [1.54, 1.807) is 12.1 Å². The zero-order valence-corrected chi connectivity index (χ0v) is 16.4. The lowest BCUT2D eigenvalue weighted by Crippen LogP contribution is -2.32. The number of carbonyl (C=O) groups is 1. The van der Waals surface area contributed by atoms with E-state index in [0.29, 0.717) is 16.3 Å². The van der Waals surface area contributed by atoms with Gasteiger partial charge in [0, 0.05) is 33.5 Å². The van der Waals surface area contributed by atoms with Crippen molar-refractivity contribution >= 4 is 43.8 Å². The maximum atomic E-state index is 13.0. The molecule has 0 aliphatic heterocycles. The normalized spacial score (nSPS) is 13.8. The Morgan fingerprint density at radius 1 is 1.23 bits per heavy atom. The number of hydrogen-bond donors (Lipinski definition) is 1. The summed E-state index contributed by atoms with van der Waals surface area (Å²) >= 11 is 6.03. The van der Waals surface area contributed by atoms with Gasteiger partial charge in [0.05, 0.1) is 4.90 Å². The van der Waals surface area contributed by atoms with Crippen molar-refractivity contribution in [1.82, 2.24) is 0 Å². The first kappa shape index (κ1) is 20.5. The van der Waals surface area contributed by atoms with Crippen molar-refractivity contribution in [1.29, 1.82) is 0 Å². The van der Waals surface area contributed by atoms with E-state index in [2.05, 4.69) is 5.32 Å². The quantitative estimate of drug-likeness (QED) is 0.732. The Bertz CT molecular complexity index is 946. The third kappa shape index (κ3) is 4.90. The van der Waals surface area contributed by atoms with E-state index in [1.165, 1.54) is 19.2 Å². The molecule has 9 heteroatoms. The first-order valence-corrected chi connectivity index (χ1v) is 11.1. The van der Waals surface area contributed by atoms with Gasteiger partial charge in [-0.25, -0.2) is 12.8 Å². The Hall–Kier alpha value is -1.77. The molecular formula is C17H17ClFNO4S2. The average Bonchev–Trinajstić information content (AvgIpc) is 2.57. The molecule has 0 saturated heterocycles. The van der Waals surface area contributed by atoms with E-state index in [1.807, 2.05) is 0 Å². The van der Waals surface area contributed by atoms with Crippen molar-refractivity contribution < 1.29 is 21.8 Å². The molecule has 2 aromatic carbocycles. The van der Waals surface area contributed by atoms with Crippen molar-refractivity contribution in [3.05, 3.63) is 58.9 Å². The largest absolute Gasteiger partial charge is 0.325 e. The van der Waals surface area contributed by atoms with Gasteiger partial charge in [-0.15, -0.1) is 0 Å². The number of rotatable bonds is 6. The molecule has 0 heterocycles. The zero-order chi connectivity index (χ0) is 19.5. The first-order valence-electron chi connectivity index (χ1n) is 7.50. The zero-order valence-electron chi connectivity index (χ0n) is 14.0. The molecule has 2 rings (SSSR count). The van der Waals surface area contributed by atoms with Crippen LogP contribution in [0.5, 0.6) is 0 Å². The Morgan fingerprint density at radius 2 is 1.85 bits per heavy atom. The van der Waals surface area contributed by atoms with Crippen LogP contribution in [0.3, 0.4) is 0 Å². The minimum atomic E-state index is -3.97. The summed E-state index contributed by atoms with van der Waals surface area (Å²) in [6.07, 6.45) is 1.53. The second-order valence-corrected chi connectivity index (χ2v) is 9.76. The minimum absolute atomic E-state index is 0.139. The predicted octanol–water partition coefficient (Wildman–Crippen LogP) is 3.16. The van der Waals surface area contributed by atoms with Crippen LogP contribution in [0.4, 0.5) is 10.1 Å². The van der Waals surface area contributed by atoms with Crippen LogP contribution >= 0.6 is 11.6 Å². The maximum absolute atomic E-state index is 13.0. The van der Waals surface area contributed by atoms with Crippen LogP contribution in [0.1, 0.15) is 12.5 Å². The number of benzene rings is 2. The molecule has 0 saturated carbocycles. The first-order chi connectivity index (χ1) is 12.1. The lowest BCUT2D eigenvalue weighted by molar-refractivity contribution is -0.115. The summed E-state index contributed by atoms with van der Waals surface area (Å²) in [5.41, 5.74) is 0.931. The van der Waals surface area contributed by atoms with Crippen molar-refractivity contribution in [2.75, 3.05) is 11.6 Å². The van der Waals surface area contributed by atoms with Gasteiger partial charge in [-0.1, -0.05) is 11.6 Å². The minimum Gasteiger partial charge on any atom is -0.325 e. The van der Waals surface area contributed by atoms with Crippen molar-refractivity contribution in [3.63, 3.8) is 0 Å². The molecule has 26 heavy (non-hydrogen) atoms. The van der Waals surface area contributed by atoms with Gasteiger partial charge in [0.15, 0.2) is 9.84 Å². The number of halogens is 2. The lowest BCUT2D eigenvalue weighted by atomic mass is 10.2. The standard InChI is InChI=1S/C17H17ClFNO4S2/c1-11(26(23,24)15-6-3-13(19)4-7-15)17(21)20-14-5-8-16(18)12(9-14)10-25(2)22/h3-9,11H,10H2,1-2H3,(H,20,21). The Labute approximate surface area is 158 Å². The second-order valence-electron chi connectivity index (χ2n) is 5.65. The summed E-state index contributed by atoms with van der Waals surface area (Å²) in [7, 11) is -5.09. The smallest absolute Gasteiger partial charge is 0.242 e. The summed E-state index contributed by atoms with van der Waals surface area (Å²) in [5, 5.41) is 1.55. The molecule has 2 atom stereocenters. The molecule has 0 fully saturated rings. The van der Waals surface area contributed by atoms with Crippen LogP contribution in [0.2, 0.25) is 5.02 Å². The molecule has 1 N–H and O–H groups in total. The number of sulfone groups is 1. The molecule has 2 aromatic rings. The number of carbonyl (C=O) groups excluding carboxylic acids is 1. The summed E-state index contributed by atoms with van der Waals surface area (Å²) in [6, 6.07) is 8.90. The molecule has 2 unspecified atom stereocenters. The highest BCUT2D eigenvalue weighted by atomic mass is 35.5. The van der Waals surface area contributed by atoms with Gasteiger partial charge < -0.3 is 5.32 Å². The molecule has 0 aromatic heterocycles. The summed E-state index contributed by atoms with van der Waals surface area (Å²) in [4.78, 5) is 12.2. The number of amides is 1. The fraction of sp³-hybridized carbons (Fsp3) is 0.235. The summed E-state index contributed by atoms with van der Waals surface area (Å²) < 4.78 is 49.3. The van der Waals surface area contributed by atoms with Crippen LogP contribution in [-0.4, -0.2) is 30.0 Å². The highest BCUT2D eigenvalue weighted by molar-refractivity contribution is 7.92. The van der Waals surface area contributed by atoms with E-state index < -0.39 is 37.6 Å². The molecular weight excluding hydrogens is 401 g/mol. The highest BCUT2D eigenvalue weighted by Crippen LogP contribution is 2.23. The van der Waals surface area contributed by atoms with Crippen LogP contribution in [0, 0.1) is 5.82 Å². The van der Waals surface area contributed by atoms with E-state index in [4.69, 9.17) is 11.6 Å². The molecule has 0 aliphatic carbocycles. The predicted molar refractivity (Wildman–Crippen MR) is 101 cm³/mol. The van der Waals surface area contributed by atoms with E-state index in [-0.39, 0.29) is 10.6 Å². The molecule has 0 radical (unpaired) electrons. The van der Waals surface area contributed by atoms with Crippen molar-refractivity contribution in [2.24, 2.45) is 0 Å². The lowest BCUT2D eigenvalue weighted by Gasteiger charge is -2.14. The van der Waals surface area contributed by atoms with Crippen molar-refractivity contribution in [2.45, 2.75) is 22.8 Å². The second kappa shape index (κ2) is 8.28. The Balaban J connectivity index is 2.21. The van der Waals surface area contributed by atoms with Crippen LogP contribution in [0.15, 0.2) is 47.4 Å². The third-order valence-corrected chi connectivity index (χ3v) is 6.81. The van der Waals surface area contributed by atoms with Gasteiger partial charge >= 0.3 is 0 Å². The monoisotopic (exact) mass is 417 g/mol. The number of nitrogens with one attached hydrogen (secondary N) is 1. The van der Waals surface area contributed by atoms with Crippen LogP contribution in [-0.2, 0) is 31.2 Å². The molecule has 0 bridgehead atoms. The maximum Gasteiger partial charge on any atom is 0.242 e. The van der Waals surface area contributed by atoms with Crippen LogP contribution in [0.25, 0.3) is 0 Å². The molecule has 0 spiro atoms. The average molecular weight is 418 g/mol. The van der Waals surface area contributed by atoms with Gasteiger partial charge in [-0.05, 0) is 55.0 Å². The third-order valence-electron chi connectivity index (χ3n) is 3.65. The summed E-state index contributed by atoms with van der Waals surface area (Å²) in [6.45, 7) is 1.26. The van der Waals surface area contributed by atoms with E-state index in [9.17, 15) is 21.8 Å². The van der Waals surface area contributed by atoms with Gasteiger partial charge in [-0.3, -0.25) is 9.00 Å². The Morgan fingerprint density at radius 3 is 2.42 bits per heavy atom. The van der Waals surface area contributed by atoms with Crippen molar-refractivity contribution in [3.8, 4) is 0 Å². The number of anilines is 1. The topological polar surface area (TPSA) is 80.3 Å². The highest BCUT2D eigenvalue weighted by Gasteiger charge is 2.30. The van der Waals surface area contributed by atoms with E-state index in [0.717, 1.165) is 24.3 Å². The van der Waals surface area contributed by atoms with Gasteiger partial charge in [-0.2, -0.15) is 0 Å². The molecule has 1 amide bonds. The van der Waals surface area contributed by atoms with Crippen LogP contribution < -0.4 is 5.32 Å². The van der Waals surface area contributed by atoms with Gasteiger partial charge in [0.1, 0.15) is 11.1 Å². The number of hydrogen-bond acceptors (Lipinski definition) is 4. The fourth-order valence-corrected chi connectivity index (χ4v) is 4.40. The van der Waals surface area contributed by atoms with Gasteiger partial charge in [0.25, 0.3) is 0 Å². The SMILES string of the molecule is CC(C(=O)Nc1ccc(Cl)c(CS(C)=O)c1)S(=O)(=O)c1ccc(F)cc1. The van der Waals surface area contributed by atoms with Gasteiger partial charge in [0.2, 0.25) is 5.91 Å². The molecule has 5 nitrogen and oxygen atoms in total.